The Kier molecular flexibility index (Phi) is 10.1. The molecule has 0 N–H and O–H groups in total. The zero-order chi connectivity index (χ0) is 42.2. The van der Waals surface area contributed by atoms with Gasteiger partial charge in [0.2, 0.25) is 0 Å². The first-order valence-electron chi connectivity index (χ1n) is 25.3. The van der Waals surface area contributed by atoms with Crippen LogP contribution in [0.4, 0.5) is 0 Å². The third-order valence-corrected chi connectivity index (χ3v) is 69.7. The zero-order valence-corrected chi connectivity index (χ0v) is 43.1. The number of fused-ring (bicyclic) bond motifs is 2. The van der Waals surface area contributed by atoms with E-state index in [-0.39, 0.29) is 7.25 Å². The van der Waals surface area contributed by atoms with Crippen molar-refractivity contribution in [2.75, 3.05) is 0 Å². The van der Waals surface area contributed by atoms with Crippen molar-refractivity contribution in [1.82, 2.24) is 0 Å². The van der Waals surface area contributed by atoms with Crippen LogP contribution in [0.5, 0.6) is 0 Å². The predicted molar refractivity (Wildman–Crippen MR) is 265 cm³/mol. The Morgan fingerprint density at radius 3 is 1.23 bits per heavy atom. The van der Waals surface area contributed by atoms with Gasteiger partial charge in [0.05, 0.1) is 0 Å². The fourth-order valence-corrected chi connectivity index (χ4v) is 59.0. The fourth-order valence-electron chi connectivity index (χ4n) is 17.8. The molecule has 10 aliphatic carbocycles. The minimum absolute atomic E-state index is 0.153. The SMILES string of the molecule is CCC[SiH](C)[Zr]([Cl])([Cl])([CH]1C(CC23CC4CC(CC(C4)C2)C3)=Cc2c(-c3ccc(C)cc3)cccc21)[CH]1C(CC23CC4CC(CC(C4)C2)C3)=Cc2c(-c3ccc(C)cc3)cccc21. The van der Waals surface area contributed by atoms with Gasteiger partial charge in [0.15, 0.2) is 0 Å². The van der Waals surface area contributed by atoms with Crippen LogP contribution in [0.3, 0.4) is 0 Å². The van der Waals surface area contributed by atoms with E-state index in [1.165, 1.54) is 158 Å². The molecule has 14 rings (SSSR count). The molecule has 0 heterocycles. The molecule has 0 radical (unpaired) electrons. The number of rotatable bonds is 11. The molecular weight excluding hydrogens is 887 g/mol. The maximum atomic E-state index is 9.55. The summed E-state index contributed by atoms with van der Waals surface area (Å²) in [5, 5.41) is 0. The predicted octanol–water partition coefficient (Wildman–Crippen LogP) is 17.2. The van der Waals surface area contributed by atoms with Gasteiger partial charge in [0.25, 0.3) is 0 Å². The molecule has 323 valence electrons. The van der Waals surface area contributed by atoms with Gasteiger partial charge >= 0.3 is 386 Å². The number of allylic oxidation sites excluding steroid dienone is 2. The Hall–Kier alpha value is -1.96. The van der Waals surface area contributed by atoms with Gasteiger partial charge in [-0.05, 0) is 0 Å². The average molecular weight is 956 g/mol. The Bertz CT molecular complexity index is 2250. The molecule has 0 saturated heterocycles. The Balaban J connectivity index is 1.07. The molecule has 4 aromatic carbocycles. The average Bonchev–Trinajstić information content (AvgIpc) is 3.79. The van der Waals surface area contributed by atoms with Gasteiger partial charge in [-0.1, -0.05) is 0 Å². The zero-order valence-electron chi connectivity index (χ0n) is 38.0. The van der Waals surface area contributed by atoms with Crippen molar-refractivity contribution in [2.24, 2.45) is 46.3 Å². The van der Waals surface area contributed by atoms with E-state index in [2.05, 4.69) is 124 Å². The van der Waals surface area contributed by atoms with E-state index < -0.39 is 21.5 Å². The second kappa shape index (κ2) is 15.0. The van der Waals surface area contributed by atoms with Gasteiger partial charge in [0.1, 0.15) is 0 Å². The first-order chi connectivity index (χ1) is 29.9. The first-order valence-corrected chi connectivity index (χ1v) is 41.2. The molecule has 0 aliphatic heterocycles. The Morgan fingerprint density at radius 2 is 0.887 bits per heavy atom. The van der Waals surface area contributed by atoms with Gasteiger partial charge in [-0.2, -0.15) is 0 Å². The number of halogens is 2. The summed E-state index contributed by atoms with van der Waals surface area (Å²) >= 11 is -5.18. The van der Waals surface area contributed by atoms with E-state index in [1.807, 2.05) is 0 Å². The molecule has 8 bridgehead atoms. The summed E-state index contributed by atoms with van der Waals surface area (Å²) in [5.41, 5.74) is 18.0. The molecule has 8 fully saturated rings. The van der Waals surface area contributed by atoms with Crippen LogP contribution in [0.25, 0.3) is 34.4 Å². The summed E-state index contributed by atoms with van der Waals surface area (Å²) in [7, 11) is 19.1. The van der Waals surface area contributed by atoms with E-state index in [0.717, 1.165) is 35.5 Å². The summed E-state index contributed by atoms with van der Waals surface area (Å²) < 4.78 is 0.306. The van der Waals surface area contributed by atoms with Crippen molar-refractivity contribution in [1.29, 1.82) is 0 Å². The summed E-state index contributed by atoms with van der Waals surface area (Å²) in [6.07, 6.45) is 26.5. The van der Waals surface area contributed by atoms with E-state index in [9.17, 15) is 17.0 Å². The van der Waals surface area contributed by atoms with E-state index in [0.29, 0.717) is 10.8 Å². The number of hydrogen-bond donors (Lipinski definition) is 0. The third-order valence-electron chi connectivity index (χ3n) is 19.3. The van der Waals surface area contributed by atoms with Crippen LogP contribution in [0, 0.1) is 60.2 Å². The van der Waals surface area contributed by atoms with Gasteiger partial charge < -0.3 is 0 Å². The van der Waals surface area contributed by atoms with Crippen molar-refractivity contribution in [2.45, 2.75) is 137 Å². The third kappa shape index (κ3) is 6.61. The molecule has 62 heavy (non-hydrogen) atoms. The molecule has 8 saturated carbocycles. The summed E-state index contributed by atoms with van der Waals surface area (Å²) in [4.78, 5) is 0. The fraction of sp³-hybridized carbons (Fsp3) is 0.517. The van der Waals surface area contributed by atoms with Crippen LogP contribution in [0.2, 0.25) is 12.6 Å². The van der Waals surface area contributed by atoms with Crippen molar-refractivity contribution in [3.8, 4) is 22.3 Å². The van der Waals surface area contributed by atoms with Crippen LogP contribution >= 0.6 is 17.0 Å². The molecule has 4 heteroatoms. The van der Waals surface area contributed by atoms with Gasteiger partial charge in [-0.15, -0.1) is 0 Å². The maximum absolute atomic E-state index is 9.55. The van der Waals surface area contributed by atoms with Crippen LogP contribution in [0.1, 0.15) is 144 Å². The molecule has 0 nitrogen and oxygen atoms in total. The van der Waals surface area contributed by atoms with Gasteiger partial charge in [-0.25, -0.2) is 0 Å². The Morgan fingerprint density at radius 1 is 0.532 bits per heavy atom. The molecule has 0 spiro atoms. The molecule has 10 aliphatic rings. The van der Waals surface area contributed by atoms with E-state index in [1.54, 1.807) is 11.1 Å². The monoisotopic (exact) mass is 953 g/mol. The molecule has 0 aromatic heterocycles. The molecule has 0 amide bonds. The van der Waals surface area contributed by atoms with Crippen LogP contribution in [-0.4, -0.2) is 5.92 Å². The number of aryl methyl sites for hydroxylation is 2. The van der Waals surface area contributed by atoms with Crippen LogP contribution in [-0.2, 0) is 15.6 Å². The van der Waals surface area contributed by atoms with Crippen LogP contribution in [0.15, 0.2) is 96.1 Å². The molecular formula is C58H69Cl2SiZr. The summed E-state index contributed by atoms with van der Waals surface area (Å²) in [5.74, 6) is 3.77. The summed E-state index contributed by atoms with van der Waals surface area (Å²) in [6.45, 7) is 9.53. The van der Waals surface area contributed by atoms with Gasteiger partial charge in [0, 0.05) is 0 Å². The number of hydrogen-bond acceptors (Lipinski definition) is 0. The van der Waals surface area contributed by atoms with Gasteiger partial charge in [-0.3, -0.25) is 0 Å². The minimum atomic E-state index is -5.18. The standard InChI is InChI=1S/2C27H29.C4H11Si.2ClH.Zr/c2*1-18-5-7-23(8-6-18)25-4-2-3-24-12-22(13-26(24)25)17-27-14-19-9-20(15-27)11-21(10-19)16-27;1-3-4-5-2;;;/h2*2-8,12-13,19-21H,9-11,14-17H2,1H3;5H,3-4H2,1-2H3;2*1H;/q;;;;;+2/p-2. The number of benzene rings is 4. The van der Waals surface area contributed by atoms with Crippen molar-refractivity contribution in [3.05, 3.63) is 129 Å². The molecule has 3 atom stereocenters. The topological polar surface area (TPSA) is 0 Å². The first kappa shape index (κ1) is 41.5. The van der Waals surface area contributed by atoms with Crippen molar-refractivity contribution >= 4 is 35.1 Å². The molecule has 3 unspecified atom stereocenters. The van der Waals surface area contributed by atoms with E-state index in [4.69, 9.17) is 0 Å². The van der Waals surface area contributed by atoms with Crippen molar-refractivity contribution in [3.63, 3.8) is 0 Å². The second-order valence-electron chi connectivity index (χ2n) is 23.8. The normalized spacial score (nSPS) is 34.7. The van der Waals surface area contributed by atoms with E-state index >= 15 is 0 Å². The molecule has 4 aromatic rings. The Labute approximate surface area is 382 Å². The van der Waals surface area contributed by atoms with Crippen LogP contribution < -0.4 is 0 Å². The quantitative estimate of drug-likeness (QED) is 0.131. The summed E-state index contributed by atoms with van der Waals surface area (Å²) in [6, 6.07) is 34.5. The second-order valence-corrected chi connectivity index (χ2v) is 65.1. The van der Waals surface area contributed by atoms with Crippen molar-refractivity contribution < 1.29 is 15.6 Å².